The van der Waals surface area contributed by atoms with Crippen molar-refractivity contribution < 1.29 is 4.74 Å². The zero-order valence-electron chi connectivity index (χ0n) is 15.9. The number of rotatable bonds is 3. The van der Waals surface area contributed by atoms with Gasteiger partial charge in [-0.1, -0.05) is 0 Å². The Morgan fingerprint density at radius 3 is 2.11 bits per heavy atom. The summed E-state index contributed by atoms with van der Waals surface area (Å²) >= 11 is 0. The van der Waals surface area contributed by atoms with Crippen LogP contribution >= 0.6 is 0 Å². The molecule has 10 nitrogen and oxygen atoms in total. The zero-order chi connectivity index (χ0) is 18.9. The predicted octanol–water partition coefficient (Wildman–Crippen LogP) is 0.386. The van der Waals surface area contributed by atoms with Gasteiger partial charge in [0.25, 0.3) is 0 Å². The molecule has 3 aromatic rings. The van der Waals surface area contributed by atoms with E-state index in [-0.39, 0.29) is 0 Å². The molecule has 10 heteroatoms. The van der Waals surface area contributed by atoms with Gasteiger partial charge in [0.15, 0.2) is 17.5 Å². The lowest BCUT2D eigenvalue weighted by molar-refractivity contribution is 0.122. The fraction of sp³-hybridized carbons (Fsp3) is 0.500. The normalized spacial score (nSPS) is 18.1. The van der Waals surface area contributed by atoms with Crippen LogP contribution in [0.1, 0.15) is 5.82 Å². The highest BCUT2D eigenvalue weighted by molar-refractivity contribution is 5.64. The molecule has 0 atom stereocenters. The van der Waals surface area contributed by atoms with E-state index in [9.17, 15) is 0 Å². The number of aryl methyl sites for hydroxylation is 1. The van der Waals surface area contributed by atoms with Gasteiger partial charge in [0, 0.05) is 51.7 Å². The van der Waals surface area contributed by atoms with Gasteiger partial charge in [-0.3, -0.25) is 4.40 Å². The largest absolute Gasteiger partial charge is 0.378 e. The second-order valence-electron chi connectivity index (χ2n) is 7.01. The first-order chi connectivity index (χ1) is 13.8. The van der Waals surface area contributed by atoms with Crippen molar-refractivity contribution >= 4 is 23.1 Å². The Morgan fingerprint density at radius 1 is 0.786 bits per heavy atom. The number of hydrogen-bond acceptors (Lipinski definition) is 9. The molecule has 2 aliphatic heterocycles. The first-order valence-corrected chi connectivity index (χ1v) is 9.62. The second-order valence-corrected chi connectivity index (χ2v) is 7.01. The molecule has 5 rings (SSSR count). The van der Waals surface area contributed by atoms with E-state index in [1.807, 2.05) is 17.5 Å². The smallest absolute Gasteiger partial charge is 0.203 e. The highest BCUT2D eigenvalue weighted by Gasteiger charge is 2.22. The molecule has 2 aliphatic rings. The molecule has 146 valence electrons. The minimum absolute atomic E-state index is 0.748. The molecule has 0 N–H and O–H groups in total. The topological polar surface area (TPSA) is 87.8 Å². The molecule has 2 saturated heterocycles. The second kappa shape index (κ2) is 7.19. The summed E-state index contributed by atoms with van der Waals surface area (Å²) in [5.41, 5.74) is 0.808. The lowest BCUT2D eigenvalue weighted by atomic mass is 10.3. The molecule has 0 aromatic carbocycles. The highest BCUT2D eigenvalue weighted by atomic mass is 16.5. The average molecular weight is 381 g/mol. The van der Waals surface area contributed by atoms with E-state index in [2.05, 4.69) is 52.2 Å². The van der Waals surface area contributed by atoms with Gasteiger partial charge in [-0.15, -0.1) is 20.4 Å². The summed E-state index contributed by atoms with van der Waals surface area (Å²) in [4.78, 5) is 11.3. The van der Waals surface area contributed by atoms with Crippen LogP contribution in [0.5, 0.6) is 0 Å². The quantitative estimate of drug-likeness (QED) is 0.639. The van der Waals surface area contributed by atoms with Gasteiger partial charge >= 0.3 is 0 Å². The number of ether oxygens (including phenoxy) is 1. The van der Waals surface area contributed by atoms with E-state index in [1.165, 1.54) is 0 Å². The maximum absolute atomic E-state index is 5.40. The molecule has 3 aromatic heterocycles. The van der Waals surface area contributed by atoms with Gasteiger partial charge in [-0.25, -0.2) is 4.98 Å². The van der Waals surface area contributed by atoms with Gasteiger partial charge in [0.1, 0.15) is 5.82 Å². The van der Waals surface area contributed by atoms with Crippen molar-refractivity contribution in [3.8, 4) is 0 Å². The van der Waals surface area contributed by atoms with Crippen LogP contribution < -0.4 is 14.7 Å². The first kappa shape index (κ1) is 17.1. The lowest BCUT2D eigenvalue weighted by Crippen LogP contribution is -2.47. The molecule has 0 radical (unpaired) electrons. The average Bonchev–Trinajstić information content (AvgIpc) is 3.16. The maximum atomic E-state index is 5.40. The van der Waals surface area contributed by atoms with Crippen molar-refractivity contribution in [1.29, 1.82) is 0 Å². The number of morpholine rings is 1. The predicted molar refractivity (Wildman–Crippen MR) is 105 cm³/mol. The Balaban J connectivity index is 1.26. The van der Waals surface area contributed by atoms with Crippen molar-refractivity contribution in [2.75, 3.05) is 67.2 Å². The third-order valence-electron chi connectivity index (χ3n) is 5.35. The van der Waals surface area contributed by atoms with Crippen molar-refractivity contribution in [3.63, 3.8) is 0 Å². The monoisotopic (exact) mass is 381 g/mol. The molecule has 0 saturated carbocycles. The van der Waals surface area contributed by atoms with E-state index in [0.717, 1.165) is 81.4 Å². The summed E-state index contributed by atoms with van der Waals surface area (Å²) in [5.74, 6) is 3.59. The fourth-order valence-corrected chi connectivity index (χ4v) is 3.75. The van der Waals surface area contributed by atoms with Crippen LogP contribution in [0.25, 0.3) is 5.65 Å². The molecular weight excluding hydrogens is 358 g/mol. The Hall–Kier alpha value is -3.01. The number of hydrogen-bond donors (Lipinski definition) is 0. The maximum Gasteiger partial charge on any atom is 0.203 e. The molecular formula is C18H23N9O. The highest BCUT2D eigenvalue weighted by Crippen LogP contribution is 2.22. The lowest BCUT2D eigenvalue weighted by Gasteiger charge is -2.36. The molecule has 5 heterocycles. The van der Waals surface area contributed by atoms with Crippen LogP contribution in [0.4, 0.5) is 17.5 Å². The molecule has 0 unspecified atom stereocenters. The number of aromatic nitrogens is 6. The number of nitrogens with zero attached hydrogens (tertiary/aromatic N) is 9. The van der Waals surface area contributed by atoms with Crippen LogP contribution in [-0.4, -0.2) is 82.3 Å². The minimum atomic E-state index is 0.748. The number of fused-ring (bicyclic) bond motifs is 1. The molecule has 2 fully saturated rings. The summed E-state index contributed by atoms with van der Waals surface area (Å²) in [6.07, 6.45) is 3.71. The standard InChI is InChI=1S/C18H23N9O/c1-14-20-23-18-17(19-4-5-27(14)18)26-8-6-24(7-9-26)15-2-3-16(22-21-15)25-10-12-28-13-11-25/h2-5H,6-13H2,1H3. The molecule has 0 amide bonds. The van der Waals surface area contributed by atoms with Crippen molar-refractivity contribution in [3.05, 3.63) is 30.4 Å². The third-order valence-corrected chi connectivity index (χ3v) is 5.35. The van der Waals surface area contributed by atoms with Gasteiger partial charge in [0.05, 0.1) is 13.2 Å². The Kier molecular flexibility index (Phi) is 4.40. The van der Waals surface area contributed by atoms with Gasteiger partial charge < -0.3 is 19.4 Å². The summed E-state index contributed by atoms with van der Waals surface area (Å²) in [7, 11) is 0. The molecule has 0 bridgehead atoms. The van der Waals surface area contributed by atoms with E-state index in [0.29, 0.717) is 0 Å². The van der Waals surface area contributed by atoms with Crippen LogP contribution in [0.3, 0.4) is 0 Å². The Labute approximate surface area is 162 Å². The Bertz CT molecular complexity index is 943. The van der Waals surface area contributed by atoms with Crippen molar-refractivity contribution in [2.45, 2.75) is 6.92 Å². The molecule has 28 heavy (non-hydrogen) atoms. The summed E-state index contributed by atoms with van der Waals surface area (Å²) < 4.78 is 7.37. The van der Waals surface area contributed by atoms with Crippen LogP contribution in [-0.2, 0) is 4.74 Å². The first-order valence-electron chi connectivity index (χ1n) is 9.62. The minimum Gasteiger partial charge on any atom is -0.378 e. The molecule has 0 spiro atoms. The SMILES string of the molecule is Cc1nnc2c(N3CCN(c4ccc(N5CCOCC5)nn4)CC3)nccn12. The van der Waals surface area contributed by atoms with Crippen LogP contribution in [0.15, 0.2) is 24.5 Å². The molecule has 0 aliphatic carbocycles. The van der Waals surface area contributed by atoms with E-state index in [1.54, 1.807) is 6.20 Å². The van der Waals surface area contributed by atoms with Gasteiger partial charge in [-0.05, 0) is 19.1 Å². The van der Waals surface area contributed by atoms with Crippen LogP contribution in [0.2, 0.25) is 0 Å². The summed E-state index contributed by atoms with van der Waals surface area (Å²) in [6, 6.07) is 4.12. The van der Waals surface area contributed by atoms with Gasteiger partial charge in [-0.2, -0.15) is 0 Å². The van der Waals surface area contributed by atoms with Gasteiger partial charge in [0.2, 0.25) is 5.65 Å². The Morgan fingerprint density at radius 2 is 1.43 bits per heavy atom. The summed E-state index contributed by atoms with van der Waals surface area (Å²) in [6.45, 7) is 8.61. The third kappa shape index (κ3) is 3.09. The van der Waals surface area contributed by atoms with Crippen molar-refractivity contribution in [1.82, 2.24) is 29.8 Å². The van der Waals surface area contributed by atoms with Crippen LogP contribution in [0, 0.1) is 6.92 Å². The number of anilines is 3. The fourth-order valence-electron chi connectivity index (χ4n) is 3.75. The van der Waals surface area contributed by atoms with Crippen molar-refractivity contribution in [2.24, 2.45) is 0 Å². The van der Waals surface area contributed by atoms with E-state index < -0.39 is 0 Å². The number of piperazine rings is 1. The zero-order valence-corrected chi connectivity index (χ0v) is 15.9. The summed E-state index contributed by atoms with van der Waals surface area (Å²) in [5, 5.41) is 17.3. The van der Waals surface area contributed by atoms with E-state index >= 15 is 0 Å². The van der Waals surface area contributed by atoms with E-state index in [4.69, 9.17) is 4.74 Å².